The van der Waals surface area contributed by atoms with Gasteiger partial charge in [0.05, 0.1) is 0 Å². The van der Waals surface area contributed by atoms with Gasteiger partial charge in [-0.3, -0.25) is 0 Å². The van der Waals surface area contributed by atoms with Gasteiger partial charge >= 0.3 is 0 Å². The Kier molecular flexibility index (Phi) is 6.39. The third-order valence-electron chi connectivity index (χ3n) is 1.54. The highest BCUT2D eigenvalue weighted by Gasteiger charge is 2.04. The van der Waals surface area contributed by atoms with Gasteiger partial charge in [-0.05, 0) is 0 Å². The number of nitrogens with two attached hydrogens (primary N) is 4. The molecule has 68 valence electrons. The van der Waals surface area contributed by atoms with Gasteiger partial charge in [0.25, 0.3) is 0 Å². The summed E-state index contributed by atoms with van der Waals surface area (Å²) in [5, 5.41) is 3.11. The topological polar surface area (TPSA) is 116 Å². The van der Waals surface area contributed by atoms with Crippen LogP contribution in [-0.4, -0.2) is 38.3 Å². The molecular formula is C6H19N5. The van der Waals surface area contributed by atoms with Crippen molar-refractivity contribution in [1.29, 1.82) is 0 Å². The fraction of sp³-hybridized carbons (Fsp3) is 1.00. The predicted octanol–water partition coefficient (Wildman–Crippen LogP) is -2.85. The Morgan fingerprint density at radius 3 is 1.91 bits per heavy atom. The van der Waals surface area contributed by atoms with Crippen molar-refractivity contribution < 1.29 is 0 Å². The van der Waals surface area contributed by atoms with E-state index in [4.69, 9.17) is 22.9 Å². The van der Waals surface area contributed by atoms with Crippen LogP contribution in [0.4, 0.5) is 0 Å². The Hall–Kier alpha value is -0.200. The van der Waals surface area contributed by atoms with E-state index < -0.39 is 0 Å². The Bertz CT molecular complexity index is 83.0. The third-order valence-corrected chi connectivity index (χ3v) is 1.54. The van der Waals surface area contributed by atoms with Gasteiger partial charge in [0.1, 0.15) is 0 Å². The van der Waals surface area contributed by atoms with Gasteiger partial charge in [0.2, 0.25) is 0 Å². The zero-order valence-electron chi connectivity index (χ0n) is 6.79. The molecule has 0 amide bonds. The van der Waals surface area contributed by atoms with Crippen LogP contribution in [0.15, 0.2) is 0 Å². The van der Waals surface area contributed by atoms with E-state index in [1.165, 1.54) is 0 Å². The summed E-state index contributed by atoms with van der Waals surface area (Å²) in [5.74, 6) is 0. The van der Waals surface area contributed by atoms with E-state index in [-0.39, 0.29) is 12.1 Å². The lowest BCUT2D eigenvalue weighted by molar-refractivity contribution is 0.491. The van der Waals surface area contributed by atoms with Gasteiger partial charge in [0, 0.05) is 38.3 Å². The van der Waals surface area contributed by atoms with Crippen LogP contribution in [0.3, 0.4) is 0 Å². The fourth-order valence-corrected chi connectivity index (χ4v) is 0.664. The lowest BCUT2D eigenvalue weighted by atomic mass is 10.2. The summed E-state index contributed by atoms with van der Waals surface area (Å²) >= 11 is 0. The second-order valence-corrected chi connectivity index (χ2v) is 2.57. The molecule has 5 heteroatoms. The molecule has 0 aromatic heterocycles. The minimum Gasteiger partial charge on any atom is -0.329 e. The van der Waals surface area contributed by atoms with Crippen molar-refractivity contribution in [2.45, 2.75) is 12.1 Å². The molecule has 5 nitrogen and oxygen atoms in total. The van der Waals surface area contributed by atoms with Crippen molar-refractivity contribution in [3.63, 3.8) is 0 Å². The molecule has 0 heterocycles. The summed E-state index contributed by atoms with van der Waals surface area (Å²) in [7, 11) is 0. The van der Waals surface area contributed by atoms with E-state index in [9.17, 15) is 0 Å². The van der Waals surface area contributed by atoms with E-state index in [2.05, 4.69) is 5.32 Å². The molecule has 0 rings (SSSR count). The van der Waals surface area contributed by atoms with E-state index >= 15 is 0 Å². The molecule has 0 aliphatic heterocycles. The Labute approximate surface area is 67.5 Å². The number of rotatable bonds is 6. The minimum absolute atomic E-state index is 0.00407. The standard InChI is InChI=1S/C6H19N5/c7-1-5(10)4-11-6(2-8)3-9/h5-6,11H,1-4,7-10H2. The molecule has 0 saturated heterocycles. The van der Waals surface area contributed by atoms with Crippen LogP contribution in [0.5, 0.6) is 0 Å². The molecule has 0 aliphatic rings. The average Bonchev–Trinajstić information content (AvgIpc) is 2.06. The third kappa shape index (κ3) is 5.11. The number of nitrogens with one attached hydrogen (secondary N) is 1. The van der Waals surface area contributed by atoms with Gasteiger partial charge in [0.15, 0.2) is 0 Å². The molecule has 0 aliphatic carbocycles. The summed E-state index contributed by atoms with van der Waals surface area (Å²) < 4.78 is 0. The Morgan fingerprint density at radius 1 is 1.00 bits per heavy atom. The van der Waals surface area contributed by atoms with E-state index in [1.54, 1.807) is 0 Å². The lowest BCUT2D eigenvalue weighted by Crippen LogP contribution is -2.48. The second kappa shape index (κ2) is 6.51. The highest BCUT2D eigenvalue weighted by Crippen LogP contribution is 1.76. The number of hydrogen-bond acceptors (Lipinski definition) is 5. The molecule has 0 radical (unpaired) electrons. The summed E-state index contributed by atoms with van der Waals surface area (Å²) in [6.07, 6.45) is 0. The molecule has 0 bridgehead atoms. The summed E-state index contributed by atoms with van der Waals surface area (Å²) in [5.41, 5.74) is 21.7. The molecule has 0 spiro atoms. The monoisotopic (exact) mass is 161 g/mol. The van der Waals surface area contributed by atoms with Crippen molar-refractivity contribution in [1.82, 2.24) is 5.32 Å². The number of hydrogen-bond donors (Lipinski definition) is 5. The van der Waals surface area contributed by atoms with Crippen molar-refractivity contribution >= 4 is 0 Å². The Balaban J connectivity index is 3.34. The predicted molar refractivity (Wildman–Crippen MR) is 46.9 cm³/mol. The maximum Gasteiger partial charge on any atom is 0.0313 e. The normalized spacial score (nSPS) is 13.9. The molecule has 11 heavy (non-hydrogen) atoms. The summed E-state index contributed by atoms with van der Waals surface area (Å²) in [6, 6.07) is 0.156. The van der Waals surface area contributed by atoms with Crippen molar-refractivity contribution in [2.24, 2.45) is 22.9 Å². The summed E-state index contributed by atoms with van der Waals surface area (Å²) in [6.45, 7) is 2.23. The Morgan fingerprint density at radius 2 is 1.55 bits per heavy atom. The molecule has 1 atom stereocenters. The zero-order valence-corrected chi connectivity index (χ0v) is 6.79. The largest absolute Gasteiger partial charge is 0.329 e. The van der Waals surface area contributed by atoms with Crippen LogP contribution in [0.1, 0.15) is 0 Å². The molecular weight excluding hydrogens is 142 g/mol. The van der Waals surface area contributed by atoms with Crippen molar-refractivity contribution in [2.75, 3.05) is 26.2 Å². The van der Waals surface area contributed by atoms with Crippen LogP contribution in [0.25, 0.3) is 0 Å². The van der Waals surface area contributed by atoms with Gasteiger partial charge < -0.3 is 28.3 Å². The maximum atomic E-state index is 5.56. The smallest absolute Gasteiger partial charge is 0.0313 e. The first-order chi connectivity index (χ1) is 5.24. The molecule has 0 saturated carbocycles. The zero-order chi connectivity index (χ0) is 8.69. The second-order valence-electron chi connectivity index (χ2n) is 2.57. The molecule has 0 fully saturated rings. The molecule has 0 aromatic carbocycles. The van der Waals surface area contributed by atoms with Gasteiger partial charge in [-0.25, -0.2) is 0 Å². The van der Waals surface area contributed by atoms with E-state index in [1.807, 2.05) is 0 Å². The van der Waals surface area contributed by atoms with Gasteiger partial charge in [-0.2, -0.15) is 0 Å². The quantitative estimate of drug-likeness (QED) is 0.287. The van der Waals surface area contributed by atoms with E-state index in [0.717, 1.165) is 0 Å². The van der Waals surface area contributed by atoms with Gasteiger partial charge in [-0.15, -0.1) is 0 Å². The van der Waals surface area contributed by atoms with Gasteiger partial charge in [-0.1, -0.05) is 0 Å². The van der Waals surface area contributed by atoms with Crippen LogP contribution in [-0.2, 0) is 0 Å². The molecule has 9 N–H and O–H groups in total. The first kappa shape index (κ1) is 10.8. The average molecular weight is 161 g/mol. The van der Waals surface area contributed by atoms with Crippen LogP contribution in [0, 0.1) is 0 Å². The highest BCUT2D eigenvalue weighted by atomic mass is 15.0. The minimum atomic E-state index is -0.00407. The first-order valence-corrected chi connectivity index (χ1v) is 3.83. The van der Waals surface area contributed by atoms with Crippen molar-refractivity contribution in [3.8, 4) is 0 Å². The van der Waals surface area contributed by atoms with Crippen LogP contribution < -0.4 is 28.3 Å². The first-order valence-electron chi connectivity index (χ1n) is 3.83. The lowest BCUT2D eigenvalue weighted by Gasteiger charge is -2.16. The van der Waals surface area contributed by atoms with E-state index in [0.29, 0.717) is 26.2 Å². The highest BCUT2D eigenvalue weighted by molar-refractivity contribution is 4.72. The van der Waals surface area contributed by atoms with Crippen molar-refractivity contribution in [3.05, 3.63) is 0 Å². The maximum absolute atomic E-state index is 5.56. The molecule has 0 aromatic rings. The summed E-state index contributed by atoms with van der Waals surface area (Å²) in [4.78, 5) is 0. The van der Waals surface area contributed by atoms with Crippen LogP contribution in [0.2, 0.25) is 0 Å². The molecule has 1 unspecified atom stereocenters. The fourth-order valence-electron chi connectivity index (χ4n) is 0.664. The van der Waals surface area contributed by atoms with Crippen LogP contribution >= 0.6 is 0 Å². The SMILES string of the molecule is NCC(N)CNC(CN)CN.